The zero-order chi connectivity index (χ0) is 73.1. The van der Waals surface area contributed by atoms with Gasteiger partial charge in [-0.3, -0.25) is 9.59 Å². The lowest BCUT2D eigenvalue weighted by Gasteiger charge is -2.17. The summed E-state index contributed by atoms with van der Waals surface area (Å²) in [7, 11) is 0. The van der Waals surface area contributed by atoms with Crippen molar-refractivity contribution in [2.75, 3.05) is 74.1 Å². The van der Waals surface area contributed by atoms with Crippen molar-refractivity contribution in [1.82, 2.24) is 5.32 Å². The third kappa shape index (κ3) is 24.1. The van der Waals surface area contributed by atoms with Crippen molar-refractivity contribution in [1.29, 1.82) is 0 Å². The number of ether oxygens (including phenoxy) is 6. The Hall–Kier alpha value is -11.3. The summed E-state index contributed by atoms with van der Waals surface area (Å²) in [6.45, 7) is 7.87. The van der Waals surface area contributed by atoms with Crippen LogP contribution in [0.25, 0.3) is 0 Å². The molecule has 0 aromatic heterocycles. The average Bonchev–Trinajstić information content (AvgIpc) is 1.66. The van der Waals surface area contributed by atoms with Crippen molar-refractivity contribution in [3.8, 4) is 34.5 Å². The molecule has 0 atom stereocenters. The van der Waals surface area contributed by atoms with Crippen LogP contribution in [0.15, 0.2) is 267 Å². The lowest BCUT2D eigenvalue weighted by atomic mass is 9.92. The zero-order valence-corrected chi connectivity index (χ0v) is 61.6. The second kappa shape index (κ2) is 42.8. The fourth-order valence-electron chi connectivity index (χ4n) is 14.0. The van der Waals surface area contributed by atoms with Crippen LogP contribution in [0.1, 0.15) is 113 Å². The van der Waals surface area contributed by atoms with E-state index in [0.29, 0.717) is 32.8 Å². The molecule has 0 saturated heterocycles. The predicted octanol–water partition coefficient (Wildman–Crippen LogP) is 19.7. The Morgan fingerprint density at radius 2 is 0.583 bits per heavy atom. The number of benzene rings is 11. The molecule has 13 nitrogen and oxygen atoms in total. The van der Waals surface area contributed by atoms with Crippen molar-refractivity contribution in [3.05, 3.63) is 334 Å². The second-order valence-electron chi connectivity index (χ2n) is 27.2. The maximum Gasteiger partial charge on any atom is 0.231 e. The molecule has 2 amide bonds. The summed E-state index contributed by atoms with van der Waals surface area (Å²) in [4.78, 5) is 21.7. The van der Waals surface area contributed by atoms with Gasteiger partial charge in [-0.1, -0.05) is 214 Å². The third-order valence-corrected chi connectivity index (χ3v) is 19.7. The first-order chi connectivity index (χ1) is 52.9. The summed E-state index contributed by atoms with van der Waals surface area (Å²) in [5, 5.41) is 15.6. The Labute approximate surface area is 639 Å². The standard InChI is InChI=1S/C10H12.C9H9NO.2C9H11N.C9H10O.C9H10.C8H7NO.C8H9N.C8H8O2.C8H8O.C7H6O2.CH4/c1-2-6-10-8-4-3-7-9(10)5-1;11-9-6-5-7-3-1-2-4-8(7)10-9;1-2-6-9-8(4-1)5-3-7-10-9;1-2-4-9-7-10-6-5-8(9)3-1;1-2-6-9-8(4-1)5-3-7-10-9;1-2-5-9-7-3-6-8(9)4-1;10-8-5-6-3-1-2-4-7(6)9-8;1-2-4-8-7(3-1)5-6-9-8;1-2-4-8-7(3-1)9-5-6-10-8;1-2-4-8-7(3-1)5-6-9-8;1-2-4-7-6(3-1)8-5-9-7;/h1-2,5-6H,3-4,7-8H2;1-4H,5-6H2,(H,10,11);1-2,4,6,10H,3,5,7H2;1-4,10H,5-7H2;1-2,4,6H,3,5,7H2;1-2,4-5H,3,6-7H2;1-4H,5H2,(H,9,10);1-4,9H,5-6H2;1-4H,5-6H2;1-4H,5-6H2;1-4H,5H2;1H4. The summed E-state index contributed by atoms with van der Waals surface area (Å²) in [5.74, 6) is 5.77. The van der Waals surface area contributed by atoms with Crippen LogP contribution in [0.4, 0.5) is 22.7 Å². The first kappa shape index (κ1) is 77.8. The van der Waals surface area contributed by atoms with E-state index in [4.69, 9.17) is 28.4 Å². The van der Waals surface area contributed by atoms with Gasteiger partial charge in [0, 0.05) is 55.2 Å². The van der Waals surface area contributed by atoms with E-state index in [2.05, 4.69) is 172 Å². The molecule has 5 N–H and O–H groups in total. The number of rotatable bonds is 0. The Kier molecular flexibility index (Phi) is 30.8. The molecule has 11 aliphatic rings. The largest absolute Gasteiger partial charge is 0.493 e. The smallest absolute Gasteiger partial charge is 0.231 e. The van der Waals surface area contributed by atoms with E-state index in [1.165, 1.54) is 127 Å². The van der Waals surface area contributed by atoms with Gasteiger partial charge in [-0.2, -0.15) is 0 Å². The maximum atomic E-state index is 10.9. The fourth-order valence-corrected chi connectivity index (χ4v) is 14.0. The summed E-state index contributed by atoms with van der Waals surface area (Å²) < 4.78 is 31.5. The number of carbonyl (C=O) groups excluding carboxylic acids is 2. The lowest BCUT2D eigenvalue weighted by molar-refractivity contribution is -0.116. The first-order valence-corrected chi connectivity index (χ1v) is 38.3. The van der Waals surface area contributed by atoms with E-state index in [-0.39, 0.29) is 19.2 Å². The number of anilines is 4. The molecule has 0 radical (unpaired) electrons. The van der Waals surface area contributed by atoms with Gasteiger partial charge < -0.3 is 55.0 Å². The molecule has 9 aliphatic heterocycles. The van der Waals surface area contributed by atoms with Gasteiger partial charge in [-0.05, 0) is 224 Å². The minimum atomic E-state index is 0. The normalized spacial score (nSPS) is 15.1. The van der Waals surface area contributed by atoms with E-state index in [0.717, 1.165) is 110 Å². The number of carbonyl (C=O) groups is 2. The summed E-state index contributed by atoms with van der Waals surface area (Å²) in [6.07, 6.45) is 19.7. The monoisotopic (exact) mass is 1440 g/mol. The SMILES string of the molecule is C.O=C1CCc2ccccc2N1.O=C1Cc2ccccc2N1.c1ccc2c(c1)CCC2.c1ccc2c(c1)CCCC2.c1ccc2c(c1)CCCN2.c1ccc2c(c1)CCCO2.c1ccc2c(c1)CCN2.c1ccc2c(c1)CCNC2.c1ccc2c(c1)CCO2.c1ccc2c(c1)OCCO2.c1ccc2c(c1)OCO2. The topological polar surface area (TPSA) is 150 Å². The molecule has 22 rings (SSSR count). The molecular weight excluding hydrogens is 1340 g/mol. The van der Waals surface area contributed by atoms with Gasteiger partial charge in [-0.25, -0.2) is 0 Å². The number of para-hydroxylation sites is 10. The zero-order valence-electron chi connectivity index (χ0n) is 61.6. The molecule has 2 aliphatic carbocycles. The maximum absolute atomic E-state index is 10.9. The molecule has 13 heteroatoms. The molecule has 11 aromatic rings. The highest BCUT2D eigenvalue weighted by Gasteiger charge is 2.18. The van der Waals surface area contributed by atoms with Gasteiger partial charge in [0.2, 0.25) is 18.6 Å². The molecular formula is C95H105N5O8. The van der Waals surface area contributed by atoms with Gasteiger partial charge in [0.05, 0.1) is 19.6 Å². The van der Waals surface area contributed by atoms with Crippen molar-refractivity contribution in [3.63, 3.8) is 0 Å². The number of amides is 2. The molecule has 11 aromatic carbocycles. The summed E-state index contributed by atoms with van der Waals surface area (Å²) in [5.41, 5.74) is 21.8. The highest BCUT2D eigenvalue weighted by molar-refractivity contribution is 5.99. The van der Waals surface area contributed by atoms with E-state index < -0.39 is 0 Å². The first-order valence-electron chi connectivity index (χ1n) is 38.3. The van der Waals surface area contributed by atoms with Crippen LogP contribution < -0.4 is 55.0 Å². The van der Waals surface area contributed by atoms with Crippen LogP contribution >= 0.6 is 0 Å². The lowest BCUT2D eigenvalue weighted by Crippen LogP contribution is -2.23. The van der Waals surface area contributed by atoms with E-state index in [1.807, 2.05) is 121 Å². The van der Waals surface area contributed by atoms with E-state index in [1.54, 1.807) is 22.3 Å². The summed E-state index contributed by atoms with van der Waals surface area (Å²) >= 11 is 0. The van der Waals surface area contributed by atoms with Crippen molar-refractivity contribution >= 4 is 34.6 Å². The fraction of sp³-hybridized carbons (Fsp3) is 0.284. The highest BCUT2D eigenvalue weighted by atomic mass is 16.7. The average molecular weight is 1440 g/mol. The Morgan fingerprint density at radius 3 is 1.09 bits per heavy atom. The van der Waals surface area contributed by atoms with Gasteiger partial charge in [0.1, 0.15) is 24.7 Å². The molecule has 0 unspecified atom stereocenters. The number of hydrogen-bond donors (Lipinski definition) is 5. The Morgan fingerprint density at radius 1 is 0.231 bits per heavy atom. The van der Waals surface area contributed by atoms with Crippen LogP contribution in [0.5, 0.6) is 34.5 Å². The third-order valence-electron chi connectivity index (χ3n) is 19.7. The second-order valence-corrected chi connectivity index (χ2v) is 27.2. The number of hydrogen-bond acceptors (Lipinski definition) is 11. The quantitative estimate of drug-likeness (QED) is 0.0988. The molecule has 0 fully saturated rings. The van der Waals surface area contributed by atoms with Crippen LogP contribution in [-0.2, 0) is 86.8 Å². The Balaban J connectivity index is 0.000000118. The van der Waals surface area contributed by atoms with Crippen molar-refractivity contribution in [2.24, 2.45) is 0 Å². The van der Waals surface area contributed by atoms with Gasteiger partial charge in [0.25, 0.3) is 0 Å². The van der Waals surface area contributed by atoms with Crippen LogP contribution in [0.2, 0.25) is 0 Å². The van der Waals surface area contributed by atoms with Crippen molar-refractivity contribution in [2.45, 2.75) is 123 Å². The van der Waals surface area contributed by atoms with E-state index in [9.17, 15) is 9.59 Å². The minimum absolute atomic E-state index is 0. The van der Waals surface area contributed by atoms with E-state index >= 15 is 0 Å². The van der Waals surface area contributed by atoms with Crippen LogP contribution in [0, 0.1) is 0 Å². The molecule has 558 valence electrons. The molecule has 0 saturated carbocycles. The summed E-state index contributed by atoms with van der Waals surface area (Å²) in [6, 6.07) is 90.6. The van der Waals surface area contributed by atoms with Crippen molar-refractivity contribution < 1.29 is 38.0 Å². The number of fused-ring (bicyclic) bond motifs is 11. The number of aryl methyl sites for hydroxylation is 7. The van der Waals surface area contributed by atoms with Crippen LogP contribution in [0.3, 0.4) is 0 Å². The molecule has 108 heavy (non-hydrogen) atoms. The number of nitrogens with one attached hydrogen (secondary N) is 5. The van der Waals surface area contributed by atoms with Crippen LogP contribution in [-0.4, -0.2) is 64.7 Å². The predicted molar refractivity (Wildman–Crippen MR) is 440 cm³/mol. The molecule has 0 bridgehead atoms. The van der Waals surface area contributed by atoms with Gasteiger partial charge in [0.15, 0.2) is 23.0 Å². The molecule has 9 heterocycles. The minimum Gasteiger partial charge on any atom is -0.493 e. The molecule has 0 spiro atoms. The Bertz CT molecular complexity index is 3850. The highest BCUT2D eigenvalue weighted by Crippen LogP contribution is 2.32. The van der Waals surface area contributed by atoms with Gasteiger partial charge >= 0.3 is 0 Å². The van der Waals surface area contributed by atoms with Gasteiger partial charge in [-0.15, -0.1) is 0 Å².